The zero-order valence-corrected chi connectivity index (χ0v) is 17.7. The Morgan fingerprint density at radius 1 is 1.27 bits per heavy atom. The molecule has 4 rings (SSSR count). The van der Waals surface area contributed by atoms with Gasteiger partial charge in [0.05, 0.1) is 11.6 Å². The van der Waals surface area contributed by atoms with Crippen molar-refractivity contribution < 1.29 is 9.18 Å². The summed E-state index contributed by atoms with van der Waals surface area (Å²) in [6.45, 7) is 4.11. The lowest BCUT2D eigenvalue weighted by molar-refractivity contribution is -0.136. The summed E-state index contributed by atoms with van der Waals surface area (Å²) in [6.07, 6.45) is 3.46. The predicted octanol–water partition coefficient (Wildman–Crippen LogP) is 2.17. The summed E-state index contributed by atoms with van der Waals surface area (Å²) in [6, 6.07) is 6.70. The van der Waals surface area contributed by atoms with E-state index in [1.807, 2.05) is 36.9 Å². The average Bonchev–Trinajstić information content (AvgIpc) is 3.18. The number of hydrazine groups is 1. The molecule has 0 aliphatic carbocycles. The number of benzene rings is 1. The normalized spacial score (nSPS) is 22.3. The van der Waals surface area contributed by atoms with Gasteiger partial charge in [0.15, 0.2) is 0 Å². The van der Waals surface area contributed by atoms with Gasteiger partial charge in [-0.1, -0.05) is 12.1 Å². The van der Waals surface area contributed by atoms with Gasteiger partial charge in [0, 0.05) is 57.4 Å². The van der Waals surface area contributed by atoms with Gasteiger partial charge in [-0.3, -0.25) is 15.6 Å². The van der Waals surface area contributed by atoms with E-state index in [-0.39, 0.29) is 29.6 Å². The lowest BCUT2D eigenvalue weighted by atomic mass is 9.88. The van der Waals surface area contributed by atoms with E-state index in [1.54, 1.807) is 12.3 Å². The van der Waals surface area contributed by atoms with Crippen LogP contribution in [-0.4, -0.2) is 60.5 Å². The maximum Gasteiger partial charge on any atom is 0.228 e. The van der Waals surface area contributed by atoms with Crippen LogP contribution >= 0.6 is 0 Å². The Morgan fingerprint density at radius 2 is 2.03 bits per heavy atom. The minimum Gasteiger partial charge on any atom is -0.347 e. The summed E-state index contributed by atoms with van der Waals surface area (Å²) >= 11 is 0. The molecular formula is C22H29FN6O. The molecule has 30 heavy (non-hydrogen) atoms. The van der Waals surface area contributed by atoms with E-state index in [2.05, 4.69) is 15.8 Å². The fourth-order valence-corrected chi connectivity index (χ4v) is 4.31. The molecular weight excluding hydrogens is 383 g/mol. The molecule has 0 radical (unpaired) electrons. The van der Waals surface area contributed by atoms with Gasteiger partial charge in [-0.05, 0) is 37.5 Å². The van der Waals surface area contributed by atoms with Crippen molar-refractivity contribution in [1.82, 2.24) is 25.7 Å². The maximum atomic E-state index is 13.9. The second-order valence-electron chi connectivity index (χ2n) is 8.39. The Morgan fingerprint density at radius 3 is 2.67 bits per heavy atom. The molecule has 2 aliphatic heterocycles. The second kappa shape index (κ2) is 8.65. The number of anilines is 1. The van der Waals surface area contributed by atoms with E-state index in [4.69, 9.17) is 4.98 Å². The predicted molar refractivity (Wildman–Crippen MR) is 114 cm³/mol. The quantitative estimate of drug-likeness (QED) is 0.802. The fourth-order valence-electron chi connectivity index (χ4n) is 4.31. The van der Waals surface area contributed by atoms with E-state index in [0.29, 0.717) is 25.6 Å². The van der Waals surface area contributed by atoms with E-state index in [9.17, 15) is 9.18 Å². The van der Waals surface area contributed by atoms with Crippen LogP contribution in [0, 0.1) is 11.7 Å². The Balaban J connectivity index is 1.56. The highest BCUT2D eigenvalue weighted by Gasteiger charge is 2.35. The molecule has 2 aliphatic rings. The highest BCUT2D eigenvalue weighted by molar-refractivity contribution is 5.80. The zero-order valence-electron chi connectivity index (χ0n) is 17.7. The molecule has 1 amide bonds. The van der Waals surface area contributed by atoms with Crippen molar-refractivity contribution in [3.05, 3.63) is 42.0 Å². The lowest BCUT2D eigenvalue weighted by Gasteiger charge is -2.34. The molecule has 8 heteroatoms. The molecule has 0 spiro atoms. The molecule has 2 aromatic rings. The average molecular weight is 413 g/mol. The van der Waals surface area contributed by atoms with Crippen LogP contribution in [0.2, 0.25) is 0 Å². The Bertz CT molecular complexity index is 912. The molecule has 2 unspecified atom stereocenters. The van der Waals surface area contributed by atoms with Crippen molar-refractivity contribution in [3.63, 3.8) is 0 Å². The summed E-state index contributed by atoms with van der Waals surface area (Å²) in [5.74, 6) is 0.750. The molecule has 160 valence electrons. The van der Waals surface area contributed by atoms with E-state index in [1.165, 1.54) is 12.1 Å². The van der Waals surface area contributed by atoms with Gasteiger partial charge in [0.2, 0.25) is 11.9 Å². The van der Waals surface area contributed by atoms with Crippen molar-refractivity contribution in [2.75, 3.05) is 38.6 Å². The number of aromatic nitrogens is 2. The third-order valence-corrected chi connectivity index (χ3v) is 6.11. The first kappa shape index (κ1) is 20.7. The molecule has 2 atom stereocenters. The Labute approximate surface area is 176 Å². The molecule has 1 aromatic carbocycles. The summed E-state index contributed by atoms with van der Waals surface area (Å²) in [4.78, 5) is 26.0. The maximum absolute atomic E-state index is 13.9. The van der Waals surface area contributed by atoms with E-state index < -0.39 is 0 Å². The third-order valence-electron chi connectivity index (χ3n) is 6.11. The number of rotatable bonds is 4. The lowest BCUT2D eigenvalue weighted by Crippen LogP contribution is -2.44. The highest BCUT2D eigenvalue weighted by atomic mass is 19.1. The largest absolute Gasteiger partial charge is 0.347 e. The summed E-state index contributed by atoms with van der Waals surface area (Å²) < 4.78 is 13.9. The zero-order chi connectivity index (χ0) is 21.3. The SMILES string of the molecule is CC1NNCC1C(=O)N1CCC(c2nc(N(C)C)ncc2-c2cccc(F)c2)CC1. The summed E-state index contributed by atoms with van der Waals surface area (Å²) in [5.41, 5.74) is 8.78. The number of nitrogens with one attached hydrogen (secondary N) is 2. The van der Waals surface area contributed by atoms with Gasteiger partial charge >= 0.3 is 0 Å². The first-order valence-electron chi connectivity index (χ1n) is 10.5. The number of halogens is 1. The number of hydrogen-bond acceptors (Lipinski definition) is 6. The molecule has 7 nitrogen and oxygen atoms in total. The standard InChI is InChI=1S/C22H29FN6O/c1-14-18(13-25-27-14)21(30)29-9-7-15(8-10-29)20-19(12-24-22(26-20)28(2)3)16-5-4-6-17(23)11-16/h4-6,11-12,14-15,18,25,27H,7-10,13H2,1-3H3. The first-order valence-corrected chi connectivity index (χ1v) is 10.5. The number of piperidine rings is 1. The van der Waals surface area contributed by atoms with Gasteiger partial charge in [-0.15, -0.1) is 0 Å². The molecule has 0 saturated carbocycles. The molecule has 2 N–H and O–H groups in total. The van der Waals surface area contributed by atoms with Crippen LogP contribution in [0.5, 0.6) is 0 Å². The first-order chi connectivity index (χ1) is 14.4. The van der Waals surface area contributed by atoms with Crippen LogP contribution in [0.1, 0.15) is 31.4 Å². The highest BCUT2D eigenvalue weighted by Crippen LogP contribution is 2.35. The van der Waals surface area contributed by atoms with Crippen LogP contribution in [-0.2, 0) is 4.79 Å². The van der Waals surface area contributed by atoms with Crippen LogP contribution in [0.4, 0.5) is 10.3 Å². The third kappa shape index (κ3) is 4.15. The Kier molecular flexibility index (Phi) is 5.97. The molecule has 0 bridgehead atoms. The minimum absolute atomic E-state index is 0.0243. The second-order valence-corrected chi connectivity index (χ2v) is 8.39. The van der Waals surface area contributed by atoms with Gasteiger partial charge in [0.1, 0.15) is 5.82 Å². The monoisotopic (exact) mass is 412 g/mol. The fraction of sp³-hybridized carbons (Fsp3) is 0.500. The molecule has 2 fully saturated rings. The van der Waals surface area contributed by atoms with Crippen molar-refractivity contribution in [2.24, 2.45) is 5.92 Å². The number of hydrogen-bond donors (Lipinski definition) is 2. The van der Waals surface area contributed by atoms with Crippen molar-refractivity contribution >= 4 is 11.9 Å². The van der Waals surface area contributed by atoms with E-state index >= 15 is 0 Å². The topological polar surface area (TPSA) is 73.4 Å². The van der Waals surface area contributed by atoms with Gasteiger partial charge in [-0.2, -0.15) is 0 Å². The van der Waals surface area contributed by atoms with Crippen LogP contribution in [0.25, 0.3) is 11.1 Å². The number of likely N-dealkylation sites (tertiary alicyclic amines) is 1. The Hall–Kier alpha value is -2.58. The van der Waals surface area contributed by atoms with Crippen molar-refractivity contribution in [2.45, 2.75) is 31.7 Å². The van der Waals surface area contributed by atoms with Crippen LogP contribution in [0.3, 0.4) is 0 Å². The smallest absolute Gasteiger partial charge is 0.228 e. The van der Waals surface area contributed by atoms with Gasteiger partial charge in [0.25, 0.3) is 0 Å². The van der Waals surface area contributed by atoms with Crippen molar-refractivity contribution in [1.29, 1.82) is 0 Å². The molecule has 2 saturated heterocycles. The minimum atomic E-state index is -0.275. The number of carbonyl (C=O) groups is 1. The van der Waals surface area contributed by atoms with Gasteiger partial charge in [-0.25, -0.2) is 14.4 Å². The van der Waals surface area contributed by atoms with Crippen LogP contribution < -0.4 is 15.8 Å². The van der Waals surface area contributed by atoms with Gasteiger partial charge < -0.3 is 9.80 Å². The number of carbonyl (C=O) groups excluding carboxylic acids is 1. The number of nitrogens with zero attached hydrogens (tertiary/aromatic N) is 4. The van der Waals surface area contributed by atoms with Crippen LogP contribution in [0.15, 0.2) is 30.5 Å². The summed E-state index contributed by atoms with van der Waals surface area (Å²) in [5, 5.41) is 0. The molecule has 3 heterocycles. The van der Waals surface area contributed by atoms with Crippen molar-refractivity contribution in [3.8, 4) is 11.1 Å². The number of amides is 1. The summed E-state index contributed by atoms with van der Waals surface area (Å²) in [7, 11) is 3.82. The van der Waals surface area contributed by atoms with E-state index in [0.717, 1.165) is 29.7 Å². The molecule has 1 aromatic heterocycles.